The van der Waals surface area contributed by atoms with Gasteiger partial charge in [0.2, 0.25) is 5.12 Å². The summed E-state index contributed by atoms with van der Waals surface area (Å²) >= 11 is 6.86. The van der Waals surface area contributed by atoms with E-state index in [1.807, 2.05) is 66.7 Å². The van der Waals surface area contributed by atoms with Crippen LogP contribution in [0, 0.1) is 0 Å². The topological polar surface area (TPSA) is 17.1 Å². The smallest absolute Gasteiger partial charge is 0.224 e. The molecule has 0 aliphatic rings. The Morgan fingerprint density at radius 1 is 0.708 bits per heavy atom. The fourth-order valence-corrected chi connectivity index (χ4v) is 6.45. The van der Waals surface area contributed by atoms with Crippen LogP contribution in [0.25, 0.3) is 0 Å². The van der Waals surface area contributed by atoms with Crippen LogP contribution in [-0.2, 0) is 0 Å². The van der Waals surface area contributed by atoms with Gasteiger partial charge < -0.3 is 0 Å². The summed E-state index contributed by atoms with van der Waals surface area (Å²) in [6, 6.07) is 29.7. The van der Waals surface area contributed by atoms with Gasteiger partial charge in [-0.25, -0.2) is 0 Å². The second kappa shape index (κ2) is 8.34. The van der Waals surface area contributed by atoms with Crippen molar-refractivity contribution >= 4 is 51.6 Å². The van der Waals surface area contributed by atoms with Gasteiger partial charge in [0, 0.05) is 13.5 Å². The average Bonchev–Trinajstić information content (AvgIpc) is 2.64. The molecule has 0 aliphatic heterocycles. The first kappa shape index (κ1) is 17.0. The summed E-state index contributed by atoms with van der Waals surface area (Å²) in [5.41, 5.74) is 0.681. The molecule has 0 atom stereocenters. The SMILES string of the molecule is O=C(SC(=S)P(c1ccccc1)c1ccccc1)c1ccccc1. The van der Waals surface area contributed by atoms with Crippen molar-refractivity contribution < 1.29 is 4.79 Å². The summed E-state index contributed by atoms with van der Waals surface area (Å²) in [4.78, 5) is 12.5. The second-order valence-electron chi connectivity index (χ2n) is 5.03. The zero-order valence-electron chi connectivity index (χ0n) is 12.8. The first-order chi connectivity index (χ1) is 11.8. The van der Waals surface area contributed by atoms with Gasteiger partial charge in [0.25, 0.3) is 0 Å². The van der Waals surface area contributed by atoms with Gasteiger partial charge >= 0.3 is 0 Å². The maximum atomic E-state index is 12.5. The van der Waals surface area contributed by atoms with Crippen LogP contribution < -0.4 is 10.6 Å². The number of hydrogen-bond acceptors (Lipinski definition) is 3. The minimum Gasteiger partial charge on any atom is -0.281 e. The Kier molecular flexibility index (Phi) is 5.92. The highest BCUT2D eigenvalue weighted by atomic mass is 32.2. The Hall–Kier alpha value is -1.80. The molecule has 0 heterocycles. The quantitative estimate of drug-likeness (QED) is 0.479. The lowest BCUT2D eigenvalue weighted by molar-refractivity contribution is 0.109. The molecular formula is C20H15OPS2. The van der Waals surface area contributed by atoms with E-state index in [0.717, 1.165) is 14.5 Å². The van der Waals surface area contributed by atoms with Crippen LogP contribution >= 0.6 is 31.9 Å². The molecule has 24 heavy (non-hydrogen) atoms. The second-order valence-corrected chi connectivity index (χ2v) is 9.43. The number of thiocarbonyl (C=S) groups is 1. The summed E-state index contributed by atoms with van der Waals surface area (Å²) in [5.74, 6) is 0. The predicted octanol–water partition coefficient (Wildman–Crippen LogP) is 4.98. The number of rotatable bonds is 4. The lowest BCUT2D eigenvalue weighted by atomic mass is 10.2. The third kappa shape index (κ3) is 4.18. The highest BCUT2D eigenvalue weighted by Crippen LogP contribution is 2.41. The number of benzene rings is 3. The molecule has 0 spiro atoms. The van der Waals surface area contributed by atoms with Crippen LogP contribution in [0.2, 0.25) is 0 Å². The zero-order valence-corrected chi connectivity index (χ0v) is 15.4. The molecule has 4 heteroatoms. The van der Waals surface area contributed by atoms with Crippen molar-refractivity contribution in [3.8, 4) is 0 Å². The van der Waals surface area contributed by atoms with E-state index in [4.69, 9.17) is 12.2 Å². The molecule has 0 radical (unpaired) electrons. The van der Waals surface area contributed by atoms with E-state index in [0.29, 0.717) is 5.56 Å². The van der Waals surface area contributed by atoms with Crippen molar-refractivity contribution in [2.75, 3.05) is 0 Å². The van der Waals surface area contributed by atoms with E-state index < -0.39 is 7.92 Å². The molecule has 0 aliphatic carbocycles. The Balaban J connectivity index is 1.89. The van der Waals surface area contributed by atoms with Crippen molar-refractivity contribution in [2.45, 2.75) is 0 Å². The fraction of sp³-hybridized carbons (Fsp3) is 0. The average molecular weight is 366 g/mol. The van der Waals surface area contributed by atoms with Gasteiger partial charge in [0.05, 0.1) is 3.94 Å². The highest BCUT2D eigenvalue weighted by Gasteiger charge is 2.22. The third-order valence-corrected chi connectivity index (χ3v) is 7.61. The molecule has 0 unspecified atom stereocenters. The van der Waals surface area contributed by atoms with E-state index in [1.165, 1.54) is 11.8 Å². The Labute approximate surface area is 152 Å². The fourth-order valence-electron chi connectivity index (χ4n) is 2.27. The van der Waals surface area contributed by atoms with Gasteiger partial charge in [-0.3, -0.25) is 4.79 Å². The summed E-state index contributed by atoms with van der Waals surface area (Å²) in [6.45, 7) is 0. The van der Waals surface area contributed by atoms with Gasteiger partial charge in [-0.2, -0.15) is 0 Å². The lowest BCUT2D eigenvalue weighted by Crippen LogP contribution is -2.16. The monoisotopic (exact) mass is 366 g/mol. The van der Waals surface area contributed by atoms with Gasteiger partial charge in [0.15, 0.2) is 0 Å². The third-order valence-electron chi connectivity index (χ3n) is 3.40. The van der Waals surface area contributed by atoms with Gasteiger partial charge in [0.1, 0.15) is 0 Å². The molecule has 0 amide bonds. The molecule has 0 fully saturated rings. The van der Waals surface area contributed by atoms with Gasteiger partial charge in [-0.1, -0.05) is 103 Å². The summed E-state index contributed by atoms with van der Waals surface area (Å²) < 4.78 is 0.733. The van der Waals surface area contributed by atoms with Crippen LogP contribution in [0.15, 0.2) is 91.0 Å². The molecule has 3 aromatic rings. The van der Waals surface area contributed by atoms with Crippen LogP contribution in [0.4, 0.5) is 0 Å². The van der Waals surface area contributed by atoms with Crippen molar-refractivity contribution in [2.24, 2.45) is 0 Å². The van der Waals surface area contributed by atoms with E-state index >= 15 is 0 Å². The zero-order chi connectivity index (χ0) is 16.8. The largest absolute Gasteiger partial charge is 0.281 e. The maximum Gasteiger partial charge on any atom is 0.224 e. The Morgan fingerprint density at radius 3 is 1.58 bits per heavy atom. The first-order valence-electron chi connectivity index (χ1n) is 7.47. The summed E-state index contributed by atoms with van der Waals surface area (Å²) in [6.07, 6.45) is 0. The van der Waals surface area contributed by atoms with Crippen LogP contribution in [0.5, 0.6) is 0 Å². The normalized spacial score (nSPS) is 10.5. The van der Waals surface area contributed by atoms with E-state index in [1.54, 1.807) is 0 Å². The lowest BCUT2D eigenvalue weighted by Gasteiger charge is -2.18. The minimum atomic E-state index is -0.861. The maximum absolute atomic E-state index is 12.5. The molecule has 0 bridgehead atoms. The van der Waals surface area contributed by atoms with Gasteiger partial charge in [-0.15, -0.1) is 0 Å². The molecule has 3 rings (SSSR count). The number of thioether (sulfide) groups is 1. The molecule has 118 valence electrons. The standard InChI is InChI=1S/C20H15OPS2/c21-19(16-10-4-1-5-11-16)24-20(23)22(17-12-6-2-7-13-17)18-14-8-3-9-15-18/h1-15H. The predicted molar refractivity (Wildman–Crippen MR) is 110 cm³/mol. The first-order valence-corrected chi connectivity index (χ1v) is 10.0. The van der Waals surface area contributed by atoms with E-state index in [-0.39, 0.29) is 5.12 Å². The van der Waals surface area contributed by atoms with Crippen molar-refractivity contribution in [3.63, 3.8) is 0 Å². The van der Waals surface area contributed by atoms with Crippen molar-refractivity contribution in [1.29, 1.82) is 0 Å². The van der Waals surface area contributed by atoms with Crippen LogP contribution in [0.1, 0.15) is 10.4 Å². The molecule has 1 nitrogen and oxygen atoms in total. The van der Waals surface area contributed by atoms with Gasteiger partial charge in [-0.05, 0) is 22.4 Å². The Morgan fingerprint density at radius 2 is 1.12 bits per heavy atom. The van der Waals surface area contributed by atoms with Crippen LogP contribution in [0.3, 0.4) is 0 Å². The molecule has 0 N–H and O–H groups in total. The molecule has 3 aromatic carbocycles. The summed E-state index contributed by atoms with van der Waals surface area (Å²) in [5, 5.41) is 2.33. The minimum absolute atomic E-state index is 0.0000350. The van der Waals surface area contributed by atoms with Crippen LogP contribution in [-0.4, -0.2) is 9.05 Å². The number of carbonyl (C=O) groups excluding carboxylic acids is 1. The number of hydrogen-bond donors (Lipinski definition) is 0. The number of carbonyl (C=O) groups is 1. The van der Waals surface area contributed by atoms with E-state index in [2.05, 4.69) is 24.3 Å². The molecule has 0 aromatic heterocycles. The van der Waals surface area contributed by atoms with Crippen molar-refractivity contribution in [1.82, 2.24) is 0 Å². The van der Waals surface area contributed by atoms with E-state index in [9.17, 15) is 4.79 Å². The molecule has 0 saturated heterocycles. The molecular weight excluding hydrogens is 351 g/mol. The molecule has 0 saturated carbocycles. The summed E-state index contributed by atoms with van der Waals surface area (Å²) in [7, 11) is -0.861. The van der Waals surface area contributed by atoms with Crippen molar-refractivity contribution in [3.05, 3.63) is 96.6 Å². The Bertz CT molecular complexity index is 781. The highest BCUT2D eigenvalue weighted by molar-refractivity contribution is 8.44.